The fourth-order valence-electron chi connectivity index (χ4n) is 3.07. The van der Waals surface area contributed by atoms with Gasteiger partial charge in [0.25, 0.3) is 5.91 Å². The first-order valence-corrected chi connectivity index (χ1v) is 8.23. The van der Waals surface area contributed by atoms with E-state index in [1.54, 1.807) is 13.2 Å². The van der Waals surface area contributed by atoms with Gasteiger partial charge in [-0.25, -0.2) is 4.99 Å². The van der Waals surface area contributed by atoms with Crippen molar-refractivity contribution >= 4 is 23.4 Å². The number of amides is 1. The van der Waals surface area contributed by atoms with Gasteiger partial charge in [0.05, 0.1) is 32.5 Å². The van der Waals surface area contributed by atoms with Gasteiger partial charge in [0.2, 0.25) is 5.96 Å². The molecule has 9 nitrogen and oxygen atoms in total. The first kappa shape index (κ1) is 16.8. The minimum Gasteiger partial charge on any atom is -0.506 e. The minimum absolute atomic E-state index is 0.0894. The fourth-order valence-corrected chi connectivity index (χ4v) is 3.07. The third-order valence-corrected chi connectivity index (χ3v) is 4.29. The second-order valence-corrected chi connectivity index (χ2v) is 5.88. The molecule has 2 aromatic rings. The maximum absolute atomic E-state index is 12.6. The molecule has 2 N–H and O–H groups in total. The van der Waals surface area contributed by atoms with Crippen LogP contribution < -0.4 is 14.8 Å². The summed E-state index contributed by atoms with van der Waals surface area (Å²) in [6.07, 6.45) is 2.63. The molecule has 27 heavy (non-hydrogen) atoms. The molecular formula is C18H17N5O4. The standard InChI is InChI=1S/C18H17N5O4/c1-26-13-4-3-12-14(15(13)27-2)21-18(23-6-5-20-16(12)23)22-17(25)10-7-11(24)9-19-8-10/h3-4,7-9,24H,5-6H2,1-2H3,(H,21,22,25). The number of nitrogens with one attached hydrogen (secondary N) is 1. The van der Waals surface area contributed by atoms with Gasteiger partial charge < -0.3 is 14.6 Å². The van der Waals surface area contributed by atoms with Crippen molar-refractivity contribution < 1.29 is 19.4 Å². The van der Waals surface area contributed by atoms with E-state index in [0.29, 0.717) is 42.1 Å². The van der Waals surface area contributed by atoms with Crippen LogP contribution in [0.4, 0.5) is 5.69 Å². The van der Waals surface area contributed by atoms with Crippen molar-refractivity contribution in [2.24, 2.45) is 9.98 Å². The SMILES string of the molecule is COc1ccc2c(c1OC)N=C(NC(=O)c1cncc(O)c1)N1CCN=C21. The van der Waals surface area contributed by atoms with Crippen LogP contribution in [0.15, 0.2) is 40.6 Å². The Hall–Kier alpha value is -3.62. The van der Waals surface area contributed by atoms with Crippen molar-refractivity contribution in [2.75, 3.05) is 27.3 Å². The van der Waals surface area contributed by atoms with Gasteiger partial charge in [-0.15, -0.1) is 0 Å². The number of methoxy groups -OCH3 is 2. The Balaban J connectivity index is 1.76. The summed E-state index contributed by atoms with van der Waals surface area (Å²) in [4.78, 5) is 27.4. The van der Waals surface area contributed by atoms with Gasteiger partial charge in [0.1, 0.15) is 17.3 Å². The molecule has 9 heteroatoms. The van der Waals surface area contributed by atoms with Crippen molar-refractivity contribution in [1.29, 1.82) is 0 Å². The van der Waals surface area contributed by atoms with Gasteiger partial charge in [0, 0.05) is 18.3 Å². The summed E-state index contributed by atoms with van der Waals surface area (Å²) in [5, 5.41) is 12.3. The highest BCUT2D eigenvalue weighted by atomic mass is 16.5. The number of carbonyl (C=O) groups excluding carboxylic acids is 1. The fraction of sp³-hybridized carbons (Fsp3) is 0.222. The monoisotopic (exact) mass is 367 g/mol. The van der Waals surface area contributed by atoms with Crippen LogP contribution >= 0.6 is 0 Å². The summed E-state index contributed by atoms with van der Waals surface area (Å²) in [7, 11) is 3.08. The van der Waals surface area contributed by atoms with Crippen LogP contribution in [0.3, 0.4) is 0 Å². The third kappa shape index (κ3) is 2.82. The molecule has 0 radical (unpaired) electrons. The number of aromatic hydroxyl groups is 1. The van der Waals surface area contributed by atoms with E-state index in [2.05, 4.69) is 20.3 Å². The number of pyridine rings is 1. The van der Waals surface area contributed by atoms with Crippen molar-refractivity contribution in [2.45, 2.75) is 0 Å². The van der Waals surface area contributed by atoms with E-state index in [1.165, 1.54) is 25.6 Å². The summed E-state index contributed by atoms with van der Waals surface area (Å²) < 4.78 is 10.8. The van der Waals surface area contributed by atoms with Gasteiger partial charge in [-0.1, -0.05) is 0 Å². The third-order valence-electron chi connectivity index (χ3n) is 4.29. The second kappa shape index (κ2) is 6.60. The van der Waals surface area contributed by atoms with E-state index in [1.807, 2.05) is 11.0 Å². The summed E-state index contributed by atoms with van der Waals surface area (Å²) in [5.41, 5.74) is 1.57. The number of amidine groups is 1. The number of aromatic nitrogens is 1. The molecule has 0 atom stereocenters. The molecule has 0 unspecified atom stereocenters. The number of rotatable bonds is 3. The molecule has 2 aliphatic heterocycles. The molecule has 0 bridgehead atoms. The zero-order chi connectivity index (χ0) is 19.0. The van der Waals surface area contributed by atoms with Crippen LogP contribution in [-0.4, -0.2) is 60.0 Å². The van der Waals surface area contributed by atoms with Crippen molar-refractivity contribution in [3.8, 4) is 17.2 Å². The topological polar surface area (TPSA) is 109 Å². The Morgan fingerprint density at radius 1 is 1.26 bits per heavy atom. The second-order valence-electron chi connectivity index (χ2n) is 5.88. The van der Waals surface area contributed by atoms with Crippen LogP contribution in [0.5, 0.6) is 17.2 Å². The summed E-state index contributed by atoms with van der Waals surface area (Å²) >= 11 is 0. The Morgan fingerprint density at radius 3 is 2.85 bits per heavy atom. The predicted molar refractivity (Wildman–Crippen MR) is 98.1 cm³/mol. The highest BCUT2D eigenvalue weighted by Crippen LogP contribution is 2.42. The number of nitrogens with zero attached hydrogens (tertiary/aromatic N) is 4. The van der Waals surface area contributed by atoms with Crippen molar-refractivity contribution in [1.82, 2.24) is 15.2 Å². The molecule has 0 spiro atoms. The van der Waals surface area contributed by atoms with E-state index in [0.717, 1.165) is 5.56 Å². The summed E-state index contributed by atoms with van der Waals surface area (Å²) in [5.74, 6) is 1.52. The average molecular weight is 367 g/mol. The first-order chi connectivity index (χ1) is 13.1. The lowest BCUT2D eigenvalue weighted by molar-refractivity contribution is 0.0973. The Bertz CT molecular complexity index is 986. The number of hydrogen-bond donors (Lipinski definition) is 2. The zero-order valence-electron chi connectivity index (χ0n) is 14.8. The maximum Gasteiger partial charge on any atom is 0.259 e. The number of aliphatic imine (C=N–C) groups is 2. The van der Waals surface area contributed by atoms with E-state index >= 15 is 0 Å². The van der Waals surface area contributed by atoms with Gasteiger partial charge in [-0.3, -0.25) is 25.0 Å². The van der Waals surface area contributed by atoms with Crippen LogP contribution in [0, 0.1) is 0 Å². The molecule has 1 aromatic heterocycles. The number of fused-ring (bicyclic) bond motifs is 3. The number of benzene rings is 1. The highest BCUT2D eigenvalue weighted by Gasteiger charge is 2.33. The molecule has 0 fully saturated rings. The smallest absolute Gasteiger partial charge is 0.259 e. The van der Waals surface area contributed by atoms with E-state index < -0.39 is 5.91 Å². The Morgan fingerprint density at radius 2 is 2.11 bits per heavy atom. The predicted octanol–water partition coefficient (Wildman–Crippen LogP) is 1.30. The summed E-state index contributed by atoms with van der Waals surface area (Å²) in [6.45, 7) is 1.19. The van der Waals surface area contributed by atoms with Crippen LogP contribution in [0.2, 0.25) is 0 Å². The maximum atomic E-state index is 12.6. The lowest BCUT2D eigenvalue weighted by Gasteiger charge is -2.28. The van der Waals surface area contributed by atoms with Gasteiger partial charge >= 0.3 is 0 Å². The first-order valence-electron chi connectivity index (χ1n) is 8.23. The van der Waals surface area contributed by atoms with Gasteiger partial charge in [0.15, 0.2) is 11.5 Å². The van der Waals surface area contributed by atoms with Crippen LogP contribution in [0.1, 0.15) is 15.9 Å². The quantitative estimate of drug-likeness (QED) is 0.846. The Kier molecular flexibility index (Phi) is 4.11. The molecule has 138 valence electrons. The summed E-state index contributed by atoms with van der Waals surface area (Å²) in [6, 6.07) is 5.01. The van der Waals surface area contributed by atoms with Gasteiger partial charge in [-0.05, 0) is 18.2 Å². The number of guanidine groups is 1. The number of carbonyl (C=O) groups is 1. The normalized spacial score (nSPS) is 14.7. The largest absolute Gasteiger partial charge is 0.506 e. The molecule has 0 saturated heterocycles. The van der Waals surface area contributed by atoms with Gasteiger partial charge in [-0.2, -0.15) is 0 Å². The van der Waals surface area contributed by atoms with E-state index in [-0.39, 0.29) is 11.3 Å². The molecule has 3 heterocycles. The van der Waals surface area contributed by atoms with Crippen LogP contribution in [-0.2, 0) is 0 Å². The molecule has 4 rings (SSSR count). The lowest BCUT2D eigenvalue weighted by atomic mass is 10.1. The highest BCUT2D eigenvalue weighted by molar-refractivity contribution is 6.20. The molecular weight excluding hydrogens is 350 g/mol. The van der Waals surface area contributed by atoms with Crippen LogP contribution in [0.25, 0.3) is 0 Å². The molecule has 0 aliphatic carbocycles. The van der Waals surface area contributed by atoms with E-state index in [9.17, 15) is 9.90 Å². The molecule has 2 aliphatic rings. The average Bonchev–Trinajstić information content (AvgIpc) is 3.17. The Labute approximate surface area is 155 Å². The minimum atomic E-state index is -0.436. The lowest BCUT2D eigenvalue weighted by Crippen LogP contribution is -2.47. The van der Waals surface area contributed by atoms with Crippen molar-refractivity contribution in [3.05, 3.63) is 41.7 Å². The zero-order valence-corrected chi connectivity index (χ0v) is 14.8. The van der Waals surface area contributed by atoms with Crippen molar-refractivity contribution in [3.63, 3.8) is 0 Å². The number of ether oxygens (including phenoxy) is 2. The molecule has 1 aromatic carbocycles. The molecule has 0 saturated carbocycles. The molecule has 1 amide bonds. The number of hydrogen-bond acceptors (Lipinski definition) is 8. The van der Waals surface area contributed by atoms with E-state index in [4.69, 9.17) is 9.47 Å².